The summed E-state index contributed by atoms with van der Waals surface area (Å²) in [5.74, 6) is -0.128. The predicted octanol–water partition coefficient (Wildman–Crippen LogP) is 3.75. The van der Waals surface area contributed by atoms with Crippen LogP contribution < -0.4 is 11.1 Å². The number of anilines is 2. The molecule has 0 bridgehead atoms. The molecule has 0 aliphatic rings. The molecule has 0 spiro atoms. The highest BCUT2D eigenvalue weighted by molar-refractivity contribution is 6.06. The SMILES string of the molecule is Cc1cc(C)cc(C(=O)Nc2c(N)ccc(C)c2C)c1. The van der Waals surface area contributed by atoms with E-state index in [1.807, 2.05) is 58.0 Å². The lowest BCUT2D eigenvalue weighted by atomic mass is 10.0. The standard InChI is InChI=1S/C17H20N2O/c1-10-7-11(2)9-14(8-10)17(20)19-16-13(4)12(3)5-6-15(16)18/h5-9H,18H2,1-4H3,(H,19,20). The van der Waals surface area contributed by atoms with Crippen molar-refractivity contribution < 1.29 is 4.79 Å². The van der Waals surface area contributed by atoms with Gasteiger partial charge in [-0.1, -0.05) is 23.3 Å². The molecule has 2 aromatic carbocycles. The van der Waals surface area contributed by atoms with Crippen molar-refractivity contribution in [2.24, 2.45) is 0 Å². The molecule has 0 saturated heterocycles. The lowest BCUT2D eigenvalue weighted by molar-refractivity contribution is 0.102. The van der Waals surface area contributed by atoms with Gasteiger partial charge in [-0.15, -0.1) is 0 Å². The summed E-state index contributed by atoms with van der Waals surface area (Å²) >= 11 is 0. The Morgan fingerprint density at radius 1 is 1.00 bits per heavy atom. The van der Waals surface area contributed by atoms with Gasteiger partial charge in [-0.05, 0) is 57.0 Å². The summed E-state index contributed by atoms with van der Waals surface area (Å²) in [5.41, 5.74) is 12.2. The molecule has 0 fully saturated rings. The maximum atomic E-state index is 12.4. The minimum absolute atomic E-state index is 0.128. The van der Waals surface area contributed by atoms with Crippen molar-refractivity contribution in [3.63, 3.8) is 0 Å². The molecule has 1 amide bonds. The number of amides is 1. The van der Waals surface area contributed by atoms with Gasteiger partial charge in [0.25, 0.3) is 5.91 Å². The van der Waals surface area contributed by atoms with E-state index in [0.717, 1.165) is 22.3 Å². The number of carbonyl (C=O) groups excluding carboxylic acids is 1. The molecule has 2 rings (SSSR count). The molecule has 2 aromatic rings. The van der Waals surface area contributed by atoms with E-state index >= 15 is 0 Å². The van der Waals surface area contributed by atoms with Gasteiger partial charge in [-0.3, -0.25) is 4.79 Å². The van der Waals surface area contributed by atoms with Crippen molar-refractivity contribution in [1.29, 1.82) is 0 Å². The van der Waals surface area contributed by atoms with Gasteiger partial charge in [0.1, 0.15) is 0 Å². The van der Waals surface area contributed by atoms with E-state index in [-0.39, 0.29) is 5.91 Å². The first-order chi connectivity index (χ1) is 9.38. The molecule has 20 heavy (non-hydrogen) atoms. The van der Waals surface area contributed by atoms with E-state index in [4.69, 9.17) is 5.73 Å². The topological polar surface area (TPSA) is 55.1 Å². The van der Waals surface area contributed by atoms with Gasteiger partial charge in [-0.25, -0.2) is 0 Å². The van der Waals surface area contributed by atoms with Crippen LogP contribution in [0.1, 0.15) is 32.6 Å². The summed E-state index contributed by atoms with van der Waals surface area (Å²) < 4.78 is 0. The Labute approximate surface area is 119 Å². The molecule has 3 nitrogen and oxygen atoms in total. The van der Waals surface area contributed by atoms with Crippen LogP contribution in [0.5, 0.6) is 0 Å². The van der Waals surface area contributed by atoms with Gasteiger partial charge in [0.05, 0.1) is 11.4 Å². The Hall–Kier alpha value is -2.29. The Kier molecular flexibility index (Phi) is 3.79. The zero-order valence-corrected chi connectivity index (χ0v) is 12.4. The lowest BCUT2D eigenvalue weighted by Gasteiger charge is -2.14. The number of nitrogens with two attached hydrogens (primary N) is 1. The van der Waals surface area contributed by atoms with Crippen molar-refractivity contribution in [3.05, 3.63) is 58.1 Å². The van der Waals surface area contributed by atoms with Gasteiger partial charge >= 0.3 is 0 Å². The molecule has 0 atom stereocenters. The third-order valence-electron chi connectivity index (χ3n) is 3.49. The quantitative estimate of drug-likeness (QED) is 0.815. The summed E-state index contributed by atoms with van der Waals surface area (Å²) in [6, 6.07) is 9.58. The number of rotatable bonds is 2. The fourth-order valence-electron chi connectivity index (χ4n) is 2.29. The molecule has 0 heterocycles. The highest BCUT2D eigenvalue weighted by Crippen LogP contribution is 2.26. The average Bonchev–Trinajstić information content (AvgIpc) is 2.38. The third-order valence-corrected chi connectivity index (χ3v) is 3.49. The fraction of sp³-hybridized carbons (Fsp3) is 0.235. The zero-order valence-electron chi connectivity index (χ0n) is 12.4. The monoisotopic (exact) mass is 268 g/mol. The Morgan fingerprint density at radius 2 is 1.60 bits per heavy atom. The van der Waals surface area contributed by atoms with Crippen LogP contribution in [-0.2, 0) is 0 Å². The van der Waals surface area contributed by atoms with Crippen LogP contribution in [0.15, 0.2) is 30.3 Å². The van der Waals surface area contributed by atoms with Crippen molar-refractivity contribution in [1.82, 2.24) is 0 Å². The van der Waals surface area contributed by atoms with E-state index in [1.54, 1.807) is 0 Å². The van der Waals surface area contributed by atoms with E-state index in [2.05, 4.69) is 5.32 Å². The second kappa shape index (κ2) is 5.37. The summed E-state index contributed by atoms with van der Waals surface area (Å²) in [4.78, 5) is 12.4. The van der Waals surface area contributed by atoms with Crippen LogP contribution in [0.25, 0.3) is 0 Å². The van der Waals surface area contributed by atoms with Gasteiger partial charge in [0.15, 0.2) is 0 Å². The number of nitrogen functional groups attached to an aromatic ring is 1. The minimum Gasteiger partial charge on any atom is -0.397 e. The molecule has 3 heteroatoms. The number of hydrogen-bond donors (Lipinski definition) is 2. The van der Waals surface area contributed by atoms with Crippen LogP contribution in [-0.4, -0.2) is 5.91 Å². The molecule has 0 aromatic heterocycles. The van der Waals surface area contributed by atoms with Gasteiger partial charge in [0.2, 0.25) is 0 Å². The van der Waals surface area contributed by atoms with Crippen LogP contribution in [0.2, 0.25) is 0 Å². The van der Waals surface area contributed by atoms with Crippen molar-refractivity contribution >= 4 is 17.3 Å². The maximum absolute atomic E-state index is 12.4. The molecule has 0 aliphatic carbocycles. The molecule has 0 unspecified atom stereocenters. The predicted molar refractivity (Wildman–Crippen MR) is 84.2 cm³/mol. The second-order valence-corrected chi connectivity index (χ2v) is 5.30. The van der Waals surface area contributed by atoms with Gasteiger partial charge in [-0.2, -0.15) is 0 Å². The number of nitrogens with one attached hydrogen (secondary N) is 1. The molecule has 3 N–H and O–H groups in total. The molecule has 104 valence electrons. The average molecular weight is 268 g/mol. The van der Waals surface area contributed by atoms with E-state index in [9.17, 15) is 4.79 Å². The molecular formula is C17H20N2O. The maximum Gasteiger partial charge on any atom is 0.255 e. The van der Waals surface area contributed by atoms with E-state index in [0.29, 0.717) is 16.9 Å². The second-order valence-electron chi connectivity index (χ2n) is 5.30. The number of hydrogen-bond acceptors (Lipinski definition) is 2. The normalized spacial score (nSPS) is 10.4. The van der Waals surface area contributed by atoms with Crippen molar-refractivity contribution in [2.75, 3.05) is 11.1 Å². The first kappa shape index (κ1) is 14.1. The first-order valence-corrected chi connectivity index (χ1v) is 6.64. The Morgan fingerprint density at radius 3 is 2.20 bits per heavy atom. The van der Waals surface area contributed by atoms with Crippen LogP contribution in [0, 0.1) is 27.7 Å². The van der Waals surface area contributed by atoms with Crippen LogP contribution in [0.3, 0.4) is 0 Å². The van der Waals surface area contributed by atoms with Crippen molar-refractivity contribution in [3.8, 4) is 0 Å². The summed E-state index contributed by atoms with van der Waals surface area (Å²) in [5, 5.41) is 2.93. The summed E-state index contributed by atoms with van der Waals surface area (Å²) in [6.07, 6.45) is 0. The highest BCUT2D eigenvalue weighted by atomic mass is 16.1. The summed E-state index contributed by atoms with van der Waals surface area (Å²) in [7, 11) is 0. The first-order valence-electron chi connectivity index (χ1n) is 6.64. The molecule has 0 radical (unpaired) electrons. The van der Waals surface area contributed by atoms with E-state index < -0.39 is 0 Å². The number of aryl methyl sites for hydroxylation is 3. The Bertz CT molecular complexity index is 655. The van der Waals surface area contributed by atoms with Crippen LogP contribution in [0.4, 0.5) is 11.4 Å². The highest BCUT2D eigenvalue weighted by Gasteiger charge is 2.12. The molecular weight excluding hydrogens is 248 g/mol. The smallest absolute Gasteiger partial charge is 0.255 e. The molecule has 0 saturated carbocycles. The van der Waals surface area contributed by atoms with E-state index in [1.165, 1.54) is 0 Å². The third kappa shape index (κ3) is 2.82. The molecule has 0 aliphatic heterocycles. The van der Waals surface area contributed by atoms with Crippen molar-refractivity contribution in [2.45, 2.75) is 27.7 Å². The van der Waals surface area contributed by atoms with Gasteiger partial charge < -0.3 is 11.1 Å². The van der Waals surface area contributed by atoms with Crippen LogP contribution >= 0.6 is 0 Å². The number of carbonyl (C=O) groups is 1. The minimum atomic E-state index is -0.128. The largest absolute Gasteiger partial charge is 0.397 e. The van der Waals surface area contributed by atoms with Gasteiger partial charge in [0, 0.05) is 5.56 Å². The Balaban J connectivity index is 2.35. The fourth-order valence-corrected chi connectivity index (χ4v) is 2.29. The summed E-state index contributed by atoms with van der Waals surface area (Å²) in [6.45, 7) is 7.93. The number of benzene rings is 2. The zero-order chi connectivity index (χ0) is 14.9. The lowest BCUT2D eigenvalue weighted by Crippen LogP contribution is -2.15.